The van der Waals surface area contributed by atoms with Gasteiger partial charge in [-0.3, -0.25) is 9.59 Å². The van der Waals surface area contributed by atoms with Crippen molar-refractivity contribution in [3.05, 3.63) is 24.3 Å². The second-order valence-corrected chi connectivity index (χ2v) is 5.25. The van der Waals surface area contributed by atoms with Crippen LogP contribution in [0.25, 0.3) is 0 Å². The van der Waals surface area contributed by atoms with Gasteiger partial charge >= 0.3 is 11.9 Å². The number of unbranched alkanes of at least 4 members (excludes halogenated alkanes) is 6. The van der Waals surface area contributed by atoms with E-state index >= 15 is 0 Å². The van der Waals surface area contributed by atoms with E-state index in [2.05, 4.69) is 12.2 Å². The molecule has 0 aromatic rings. The van der Waals surface area contributed by atoms with E-state index < -0.39 is 17.9 Å². The van der Waals surface area contributed by atoms with Crippen molar-refractivity contribution in [3.8, 4) is 0 Å². The molecule has 0 aliphatic rings. The van der Waals surface area contributed by atoms with Crippen LogP contribution in [0.3, 0.4) is 0 Å². The van der Waals surface area contributed by atoms with Gasteiger partial charge in [0.2, 0.25) is 0 Å². The molecule has 0 heterocycles. The van der Waals surface area contributed by atoms with Gasteiger partial charge in [-0.05, 0) is 39.0 Å². The molecule has 0 amide bonds. The van der Waals surface area contributed by atoms with Crippen LogP contribution in [0, 0.1) is 5.92 Å². The maximum Gasteiger partial charge on any atom is 0.307 e. The van der Waals surface area contributed by atoms with E-state index in [1.165, 1.54) is 25.7 Å². The van der Waals surface area contributed by atoms with Crippen molar-refractivity contribution in [2.24, 2.45) is 5.92 Å². The van der Waals surface area contributed by atoms with Crippen molar-refractivity contribution in [3.63, 3.8) is 0 Å². The van der Waals surface area contributed by atoms with Crippen LogP contribution >= 0.6 is 0 Å². The van der Waals surface area contributed by atoms with Crippen molar-refractivity contribution in [2.75, 3.05) is 0 Å². The first-order valence-corrected chi connectivity index (χ1v) is 7.78. The predicted octanol–water partition coefficient (Wildman–Crippen LogP) is 4.42. The number of carboxylic acids is 2. The largest absolute Gasteiger partial charge is 0.481 e. The molecule has 0 radical (unpaired) electrons. The molecular weight excluding hydrogens is 268 g/mol. The second kappa shape index (κ2) is 13.4. The lowest BCUT2D eigenvalue weighted by atomic mass is 10.0. The fraction of sp³-hybridized carbons (Fsp3) is 0.647. The van der Waals surface area contributed by atoms with Gasteiger partial charge in [-0.2, -0.15) is 0 Å². The summed E-state index contributed by atoms with van der Waals surface area (Å²) in [6.45, 7) is 2.04. The molecule has 0 aromatic carbocycles. The van der Waals surface area contributed by atoms with Crippen LogP contribution in [-0.4, -0.2) is 22.2 Å². The summed E-state index contributed by atoms with van der Waals surface area (Å²) >= 11 is 0. The maximum absolute atomic E-state index is 10.8. The molecule has 0 bridgehead atoms. The third-order valence-corrected chi connectivity index (χ3v) is 3.33. The van der Waals surface area contributed by atoms with Crippen LogP contribution in [-0.2, 0) is 9.59 Å². The third kappa shape index (κ3) is 13.2. The van der Waals surface area contributed by atoms with Gasteiger partial charge in [0.15, 0.2) is 0 Å². The number of aliphatic carboxylic acids is 2. The lowest BCUT2D eigenvalue weighted by Gasteiger charge is -2.05. The summed E-state index contributed by atoms with van der Waals surface area (Å²) in [6, 6.07) is 0. The fourth-order valence-corrected chi connectivity index (χ4v) is 2.08. The van der Waals surface area contributed by atoms with Crippen LogP contribution in [0.2, 0.25) is 0 Å². The minimum Gasteiger partial charge on any atom is -0.481 e. The van der Waals surface area contributed by atoms with E-state index in [1.807, 2.05) is 13.0 Å². The lowest BCUT2D eigenvalue weighted by molar-refractivity contribution is -0.148. The molecule has 0 saturated heterocycles. The Labute approximate surface area is 127 Å². The highest BCUT2D eigenvalue weighted by Crippen LogP contribution is 2.12. The lowest BCUT2D eigenvalue weighted by Crippen LogP contribution is -2.16. The molecule has 0 aromatic heterocycles. The molecule has 120 valence electrons. The number of carbonyl (C=O) groups is 2. The quantitative estimate of drug-likeness (QED) is 0.390. The van der Waals surface area contributed by atoms with E-state index in [-0.39, 0.29) is 6.42 Å². The van der Waals surface area contributed by atoms with Gasteiger partial charge in [0.05, 0.1) is 12.3 Å². The number of allylic oxidation sites excluding steroid dienone is 4. The molecule has 4 heteroatoms. The molecule has 0 saturated carbocycles. The molecule has 1 atom stereocenters. The van der Waals surface area contributed by atoms with Crippen molar-refractivity contribution < 1.29 is 19.8 Å². The summed E-state index contributed by atoms with van der Waals surface area (Å²) in [6.07, 6.45) is 16.2. The van der Waals surface area contributed by atoms with E-state index in [0.29, 0.717) is 6.42 Å². The monoisotopic (exact) mass is 296 g/mol. The standard InChI is InChI=1S/C17H28O4/c1-2-3-4-5-6-7-8-9-10-11-12-13-15(17(20)21)14-16(18)19/h2-3,11-12,15H,4-10,13-14H2,1H3,(H,18,19)(H,20,21)/b3-2+,12-11+. The minimum absolute atomic E-state index is 0.297. The highest BCUT2D eigenvalue weighted by Gasteiger charge is 2.18. The Bertz CT molecular complexity index is 345. The van der Waals surface area contributed by atoms with Crippen molar-refractivity contribution in [2.45, 2.75) is 64.7 Å². The number of hydrogen-bond acceptors (Lipinski definition) is 2. The Kier molecular flexibility index (Phi) is 12.4. The summed E-state index contributed by atoms with van der Waals surface area (Å²) in [5.41, 5.74) is 0. The number of carboxylic acid groups (broad SMARTS) is 2. The van der Waals surface area contributed by atoms with Gasteiger partial charge in [-0.15, -0.1) is 0 Å². The van der Waals surface area contributed by atoms with Crippen LogP contribution in [0.1, 0.15) is 64.7 Å². The second-order valence-electron chi connectivity index (χ2n) is 5.25. The van der Waals surface area contributed by atoms with Crippen molar-refractivity contribution in [1.82, 2.24) is 0 Å². The zero-order chi connectivity index (χ0) is 15.9. The minimum atomic E-state index is -1.06. The smallest absolute Gasteiger partial charge is 0.307 e. The van der Waals surface area contributed by atoms with Crippen LogP contribution in [0.5, 0.6) is 0 Å². The maximum atomic E-state index is 10.8. The highest BCUT2D eigenvalue weighted by molar-refractivity contribution is 5.77. The number of hydrogen-bond donors (Lipinski definition) is 2. The third-order valence-electron chi connectivity index (χ3n) is 3.33. The molecule has 0 aliphatic carbocycles. The van der Waals surface area contributed by atoms with Gasteiger partial charge in [0, 0.05) is 0 Å². The molecule has 0 fully saturated rings. The van der Waals surface area contributed by atoms with Crippen molar-refractivity contribution >= 4 is 11.9 Å². The number of rotatable bonds is 13. The van der Waals surface area contributed by atoms with E-state index in [1.54, 1.807) is 6.08 Å². The normalized spacial score (nSPS) is 13.0. The van der Waals surface area contributed by atoms with E-state index in [9.17, 15) is 9.59 Å². The topological polar surface area (TPSA) is 74.6 Å². The van der Waals surface area contributed by atoms with Crippen LogP contribution in [0.4, 0.5) is 0 Å². The Balaban J connectivity index is 3.58. The van der Waals surface area contributed by atoms with Gasteiger partial charge in [-0.25, -0.2) is 0 Å². The molecule has 2 N–H and O–H groups in total. The van der Waals surface area contributed by atoms with Crippen LogP contribution in [0.15, 0.2) is 24.3 Å². The predicted molar refractivity (Wildman–Crippen MR) is 84.3 cm³/mol. The first-order valence-electron chi connectivity index (χ1n) is 7.78. The SMILES string of the molecule is C/C=C/CCCCCCC/C=C/CC(CC(=O)O)C(=O)O. The molecule has 0 rings (SSSR count). The highest BCUT2D eigenvalue weighted by atomic mass is 16.4. The molecule has 0 aliphatic heterocycles. The average molecular weight is 296 g/mol. The molecule has 0 spiro atoms. The fourth-order valence-electron chi connectivity index (χ4n) is 2.08. The average Bonchev–Trinajstić information content (AvgIpc) is 2.42. The van der Waals surface area contributed by atoms with Gasteiger partial charge in [0.1, 0.15) is 0 Å². The summed E-state index contributed by atoms with van der Waals surface area (Å²) in [5, 5.41) is 17.5. The molecule has 1 unspecified atom stereocenters. The first-order chi connectivity index (χ1) is 10.1. The zero-order valence-electron chi connectivity index (χ0n) is 13.0. The Morgan fingerprint density at radius 1 is 0.905 bits per heavy atom. The zero-order valence-corrected chi connectivity index (χ0v) is 13.0. The first kappa shape index (κ1) is 19.4. The molecule has 21 heavy (non-hydrogen) atoms. The Morgan fingerprint density at radius 3 is 2.00 bits per heavy atom. The molecule has 4 nitrogen and oxygen atoms in total. The van der Waals surface area contributed by atoms with Gasteiger partial charge in [-0.1, -0.05) is 43.6 Å². The summed E-state index contributed by atoms with van der Waals surface area (Å²) < 4.78 is 0. The summed E-state index contributed by atoms with van der Waals surface area (Å²) in [5.74, 6) is -2.91. The van der Waals surface area contributed by atoms with E-state index in [4.69, 9.17) is 10.2 Å². The Hall–Kier alpha value is -1.58. The summed E-state index contributed by atoms with van der Waals surface area (Å²) in [7, 11) is 0. The Morgan fingerprint density at radius 2 is 1.48 bits per heavy atom. The van der Waals surface area contributed by atoms with E-state index in [0.717, 1.165) is 19.3 Å². The van der Waals surface area contributed by atoms with Crippen LogP contribution < -0.4 is 0 Å². The van der Waals surface area contributed by atoms with Gasteiger partial charge < -0.3 is 10.2 Å². The molecular formula is C17H28O4. The van der Waals surface area contributed by atoms with Crippen molar-refractivity contribution in [1.29, 1.82) is 0 Å². The summed E-state index contributed by atoms with van der Waals surface area (Å²) in [4.78, 5) is 21.4. The van der Waals surface area contributed by atoms with Gasteiger partial charge in [0.25, 0.3) is 0 Å².